The summed E-state index contributed by atoms with van der Waals surface area (Å²) in [5, 5.41) is 12.6. The van der Waals surface area contributed by atoms with E-state index in [0.717, 1.165) is 12.1 Å². The summed E-state index contributed by atoms with van der Waals surface area (Å²) in [7, 11) is 0. The first-order chi connectivity index (χ1) is 11.8. The van der Waals surface area contributed by atoms with Gasteiger partial charge in [-0.05, 0) is 35.9 Å². The second kappa shape index (κ2) is 6.56. The minimum Gasteiger partial charge on any atom is -0.387 e. The van der Waals surface area contributed by atoms with Crippen molar-refractivity contribution >= 4 is 16.9 Å². The summed E-state index contributed by atoms with van der Waals surface area (Å²) in [5.41, 5.74) is 0.985. The third-order valence-corrected chi connectivity index (χ3v) is 3.74. The van der Waals surface area contributed by atoms with Gasteiger partial charge in [-0.25, -0.2) is 4.98 Å². The third kappa shape index (κ3) is 3.80. The minimum atomic E-state index is -4.49. The predicted molar refractivity (Wildman–Crippen MR) is 84.8 cm³/mol. The summed E-state index contributed by atoms with van der Waals surface area (Å²) >= 11 is 0. The molecule has 0 aliphatic rings. The number of aliphatic hydroxyl groups excluding tert-OH is 1. The Morgan fingerprint density at radius 3 is 2.80 bits per heavy atom. The molecule has 1 amide bonds. The van der Waals surface area contributed by atoms with Gasteiger partial charge in [-0.15, -0.1) is 0 Å². The van der Waals surface area contributed by atoms with E-state index in [2.05, 4.69) is 15.3 Å². The minimum absolute atomic E-state index is 0.0825. The van der Waals surface area contributed by atoms with Crippen molar-refractivity contribution < 1.29 is 23.1 Å². The van der Waals surface area contributed by atoms with Crippen LogP contribution in [-0.4, -0.2) is 27.5 Å². The number of benzene rings is 2. The zero-order valence-corrected chi connectivity index (χ0v) is 12.8. The molecule has 0 radical (unpaired) electrons. The van der Waals surface area contributed by atoms with Crippen LogP contribution in [0.15, 0.2) is 48.8 Å². The molecule has 1 atom stereocenters. The van der Waals surface area contributed by atoms with Gasteiger partial charge in [-0.1, -0.05) is 12.1 Å². The van der Waals surface area contributed by atoms with Crippen LogP contribution >= 0.6 is 0 Å². The van der Waals surface area contributed by atoms with Crippen LogP contribution in [0.4, 0.5) is 13.2 Å². The first-order valence-corrected chi connectivity index (χ1v) is 7.41. The van der Waals surface area contributed by atoms with E-state index in [1.165, 1.54) is 18.5 Å². The topological polar surface area (TPSA) is 78.0 Å². The molecule has 0 aliphatic carbocycles. The number of aromatic amines is 1. The number of aromatic nitrogens is 2. The van der Waals surface area contributed by atoms with Crippen LogP contribution in [0.5, 0.6) is 0 Å². The molecule has 2 aromatic carbocycles. The molecule has 3 aromatic rings. The molecule has 3 rings (SSSR count). The number of halogens is 3. The zero-order valence-electron chi connectivity index (χ0n) is 12.8. The van der Waals surface area contributed by atoms with Gasteiger partial charge in [0, 0.05) is 12.1 Å². The lowest BCUT2D eigenvalue weighted by Gasteiger charge is -2.14. The number of nitrogens with one attached hydrogen (secondary N) is 2. The fourth-order valence-corrected chi connectivity index (χ4v) is 2.41. The highest BCUT2D eigenvalue weighted by Gasteiger charge is 2.30. The lowest BCUT2D eigenvalue weighted by molar-refractivity contribution is -0.137. The number of carbonyl (C=O) groups is 1. The largest absolute Gasteiger partial charge is 0.416 e. The molecule has 1 heterocycles. The number of amides is 1. The highest BCUT2D eigenvalue weighted by atomic mass is 19.4. The maximum absolute atomic E-state index is 12.7. The Bertz CT molecular complexity index is 905. The van der Waals surface area contributed by atoms with E-state index in [-0.39, 0.29) is 12.1 Å². The molecule has 130 valence electrons. The molecule has 0 spiro atoms. The molecule has 0 saturated carbocycles. The van der Waals surface area contributed by atoms with Gasteiger partial charge in [0.2, 0.25) is 0 Å². The van der Waals surface area contributed by atoms with Gasteiger partial charge in [-0.3, -0.25) is 4.79 Å². The van der Waals surface area contributed by atoms with E-state index in [0.29, 0.717) is 16.6 Å². The fourth-order valence-electron chi connectivity index (χ4n) is 2.41. The summed E-state index contributed by atoms with van der Waals surface area (Å²) in [6, 6.07) is 9.24. The number of aliphatic hydroxyl groups is 1. The van der Waals surface area contributed by atoms with Crippen molar-refractivity contribution in [2.45, 2.75) is 12.3 Å². The van der Waals surface area contributed by atoms with Crippen molar-refractivity contribution in [3.05, 3.63) is 65.5 Å². The summed E-state index contributed by atoms with van der Waals surface area (Å²) in [4.78, 5) is 19.1. The van der Waals surface area contributed by atoms with Crippen LogP contribution in [0.25, 0.3) is 11.0 Å². The monoisotopic (exact) mass is 349 g/mol. The molecule has 25 heavy (non-hydrogen) atoms. The van der Waals surface area contributed by atoms with Gasteiger partial charge < -0.3 is 15.4 Å². The second-order valence-electron chi connectivity index (χ2n) is 5.48. The maximum atomic E-state index is 12.7. The van der Waals surface area contributed by atoms with Crippen LogP contribution in [-0.2, 0) is 6.18 Å². The van der Waals surface area contributed by atoms with Crippen molar-refractivity contribution in [2.75, 3.05) is 6.54 Å². The van der Waals surface area contributed by atoms with Crippen LogP contribution in [0.1, 0.15) is 27.6 Å². The number of hydrogen-bond acceptors (Lipinski definition) is 3. The van der Waals surface area contributed by atoms with Crippen molar-refractivity contribution in [2.24, 2.45) is 0 Å². The molecule has 1 unspecified atom stereocenters. The Kier molecular flexibility index (Phi) is 4.45. The molecule has 0 bridgehead atoms. The van der Waals surface area contributed by atoms with E-state index >= 15 is 0 Å². The molecule has 0 fully saturated rings. The smallest absolute Gasteiger partial charge is 0.387 e. The highest BCUT2D eigenvalue weighted by molar-refractivity contribution is 5.97. The predicted octanol–water partition coefficient (Wildman–Crippen LogP) is 3.05. The van der Waals surface area contributed by atoms with Crippen LogP contribution < -0.4 is 5.32 Å². The number of fused-ring (bicyclic) bond motifs is 1. The second-order valence-corrected chi connectivity index (χ2v) is 5.48. The third-order valence-electron chi connectivity index (χ3n) is 3.74. The van der Waals surface area contributed by atoms with Gasteiger partial charge >= 0.3 is 6.18 Å². The normalized spacial score (nSPS) is 13.0. The first kappa shape index (κ1) is 17.0. The van der Waals surface area contributed by atoms with Crippen molar-refractivity contribution in [3.8, 4) is 0 Å². The van der Waals surface area contributed by atoms with E-state index in [9.17, 15) is 23.1 Å². The van der Waals surface area contributed by atoms with Crippen molar-refractivity contribution in [1.82, 2.24) is 15.3 Å². The molecular weight excluding hydrogens is 335 g/mol. The summed E-state index contributed by atoms with van der Waals surface area (Å²) in [6.07, 6.45) is -4.23. The quantitative estimate of drug-likeness (QED) is 0.677. The van der Waals surface area contributed by atoms with Gasteiger partial charge in [0.05, 0.1) is 29.0 Å². The zero-order chi connectivity index (χ0) is 18.0. The van der Waals surface area contributed by atoms with Crippen molar-refractivity contribution in [3.63, 3.8) is 0 Å². The van der Waals surface area contributed by atoms with E-state index in [1.54, 1.807) is 18.2 Å². The maximum Gasteiger partial charge on any atom is 0.416 e. The average Bonchev–Trinajstić information content (AvgIpc) is 3.06. The first-order valence-electron chi connectivity index (χ1n) is 7.41. The average molecular weight is 349 g/mol. The lowest BCUT2D eigenvalue weighted by Crippen LogP contribution is -2.28. The highest BCUT2D eigenvalue weighted by Crippen LogP contribution is 2.30. The number of rotatable bonds is 4. The van der Waals surface area contributed by atoms with Crippen LogP contribution in [0, 0.1) is 0 Å². The standard InChI is InChI=1S/C17H14F3N3O2/c18-17(19,20)12-3-1-2-10(6-12)15(24)8-21-16(25)11-4-5-13-14(7-11)23-9-22-13/h1-7,9,15,24H,8H2,(H,21,25)(H,22,23). The van der Waals surface area contributed by atoms with E-state index < -0.39 is 23.8 Å². The number of hydrogen-bond donors (Lipinski definition) is 3. The fraction of sp³-hybridized carbons (Fsp3) is 0.176. The molecule has 3 N–H and O–H groups in total. The number of carbonyl (C=O) groups excluding carboxylic acids is 1. The van der Waals surface area contributed by atoms with Crippen LogP contribution in [0.3, 0.4) is 0 Å². The Morgan fingerprint density at radius 1 is 1.24 bits per heavy atom. The summed E-state index contributed by atoms with van der Waals surface area (Å²) < 4.78 is 38.1. The van der Waals surface area contributed by atoms with E-state index in [1.807, 2.05) is 0 Å². The Balaban J connectivity index is 1.67. The number of nitrogens with zero attached hydrogens (tertiary/aromatic N) is 1. The molecular formula is C17H14F3N3O2. The molecule has 8 heteroatoms. The van der Waals surface area contributed by atoms with Gasteiger partial charge in [0.15, 0.2) is 0 Å². The SMILES string of the molecule is O=C(NCC(O)c1cccc(C(F)(F)F)c1)c1ccc2nc[nH]c2c1. The number of imidazole rings is 1. The van der Waals surface area contributed by atoms with Crippen LogP contribution in [0.2, 0.25) is 0 Å². The Labute approximate surface area is 140 Å². The van der Waals surface area contributed by atoms with Gasteiger partial charge in [-0.2, -0.15) is 13.2 Å². The summed E-state index contributed by atoms with van der Waals surface area (Å²) in [5.74, 6) is -0.442. The number of H-pyrrole nitrogens is 1. The number of alkyl halides is 3. The van der Waals surface area contributed by atoms with E-state index in [4.69, 9.17) is 0 Å². The molecule has 0 saturated heterocycles. The Hall–Kier alpha value is -2.87. The van der Waals surface area contributed by atoms with Gasteiger partial charge in [0.25, 0.3) is 5.91 Å². The summed E-state index contributed by atoms with van der Waals surface area (Å²) in [6.45, 7) is -0.207. The lowest BCUT2D eigenvalue weighted by atomic mass is 10.1. The molecule has 5 nitrogen and oxygen atoms in total. The molecule has 1 aromatic heterocycles. The van der Waals surface area contributed by atoms with Crippen molar-refractivity contribution in [1.29, 1.82) is 0 Å². The Morgan fingerprint density at radius 2 is 2.04 bits per heavy atom. The van der Waals surface area contributed by atoms with Gasteiger partial charge in [0.1, 0.15) is 0 Å². The molecule has 0 aliphatic heterocycles.